The van der Waals surface area contributed by atoms with Crippen LogP contribution >= 0.6 is 11.6 Å². The number of nitrogens with one attached hydrogen (secondary N) is 1. The minimum atomic E-state index is -3.79. The molecule has 0 aliphatic heterocycles. The Morgan fingerprint density at radius 2 is 1.74 bits per heavy atom. The molecule has 0 aliphatic rings. The highest BCUT2D eigenvalue weighted by atomic mass is 35.5. The van der Waals surface area contributed by atoms with Crippen molar-refractivity contribution in [1.82, 2.24) is 10.2 Å². The first-order valence-corrected chi connectivity index (χ1v) is 12.0. The molecule has 0 bridgehead atoms. The molecule has 2 amide bonds. The third-order valence-electron chi connectivity index (χ3n) is 5.13. The Kier molecular flexibility index (Phi) is 8.08. The maximum atomic E-state index is 13.4. The van der Waals surface area contributed by atoms with Gasteiger partial charge in [-0.25, -0.2) is 8.42 Å². The first-order chi connectivity index (χ1) is 14.5. The molecule has 2 rings (SSSR count). The lowest BCUT2D eigenvalue weighted by molar-refractivity contribution is -0.139. The average molecular weight is 466 g/mol. The molecular formula is C22H28ClN3O4S. The maximum Gasteiger partial charge on any atom is 0.244 e. The zero-order valence-corrected chi connectivity index (χ0v) is 19.9. The van der Waals surface area contributed by atoms with Crippen LogP contribution < -0.4 is 9.62 Å². The van der Waals surface area contributed by atoms with Crippen LogP contribution in [-0.4, -0.2) is 51.0 Å². The summed E-state index contributed by atoms with van der Waals surface area (Å²) in [6.45, 7) is 5.00. The molecule has 0 spiro atoms. The van der Waals surface area contributed by atoms with Gasteiger partial charge in [0.2, 0.25) is 21.8 Å². The predicted molar refractivity (Wildman–Crippen MR) is 124 cm³/mol. The van der Waals surface area contributed by atoms with Gasteiger partial charge in [-0.15, -0.1) is 0 Å². The zero-order chi connectivity index (χ0) is 23.3. The zero-order valence-electron chi connectivity index (χ0n) is 18.3. The fraction of sp³-hybridized carbons (Fsp3) is 0.364. The van der Waals surface area contributed by atoms with E-state index in [-0.39, 0.29) is 12.5 Å². The summed E-state index contributed by atoms with van der Waals surface area (Å²) in [6, 6.07) is 11.6. The van der Waals surface area contributed by atoms with E-state index in [4.69, 9.17) is 11.6 Å². The van der Waals surface area contributed by atoms with E-state index < -0.39 is 28.5 Å². The lowest BCUT2D eigenvalue weighted by atomic mass is 10.1. The molecule has 168 valence electrons. The van der Waals surface area contributed by atoms with Gasteiger partial charge in [0.25, 0.3) is 0 Å². The second-order valence-corrected chi connectivity index (χ2v) is 9.78. The second kappa shape index (κ2) is 10.2. The summed E-state index contributed by atoms with van der Waals surface area (Å²) in [5.41, 5.74) is 2.82. The van der Waals surface area contributed by atoms with Crippen LogP contribution in [0.25, 0.3) is 0 Å². The minimum Gasteiger partial charge on any atom is -0.357 e. The Labute approximate surface area is 189 Å². The van der Waals surface area contributed by atoms with Gasteiger partial charge in [0, 0.05) is 18.6 Å². The van der Waals surface area contributed by atoms with E-state index in [1.165, 1.54) is 18.0 Å². The van der Waals surface area contributed by atoms with Gasteiger partial charge >= 0.3 is 0 Å². The maximum absolute atomic E-state index is 13.4. The van der Waals surface area contributed by atoms with Gasteiger partial charge in [0.1, 0.15) is 12.6 Å². The Morgan fingerprint density at radius 1 is 1.10 bits per heavy atom. The van der Waals surface area contributed by atoms with Crippen molar-refractivity contribution in [2.75, 3.05) is 24.2 Å². The van der Waals surface area contributed by atoms with E-state index in [9.17, 15) is 18.0 Å². The lowest BCUT2D eigenvalue weighted by Crippen LogP contribution is -2.50. The normalized spacial score (nSPS) is 12.2. The molecule has 0 unspecified atom stereocenters. The van der Waals surface area contributed by atoms with Crippen molar-refractivity contribution in [3.63, 3.8) is 0 Å². The van der Waals surface area contributed by atoms with Crippen molar-refractivity contribution in [2.24, 2.45) is 0 Å². The average Bonchev–Trinajstić information content (AvgIpc) is 2.71. The number of amides is 2. The van der Waals surface area contributed by atoms with Gasteiger partial charge in [-0.3, -0.25) is 13.9 Å². The second-order valence-electron chi connectivity index (χ2n) is 7.44. The summed E-state index contributed by atoms with van der Waals surface area (Å²) >= 11 is 6.08. The smallest absolute Gasteiger partial charge is 0.244 e. The number of hydrogen-bond donors (Lipinski definition) is 1. The number of carbonyl (C=O) groups excluding carboxylic acids is 2. The molecule has 1 atom stereocenters. The molecule has 31 heavy (non-hydrogen) atoms. The SMILES string of the molecule is CNC(=O)[C@H](C)N(Cc1ccccc1C)C(=O)CN(c1cc(Cl)ccc1C)S(C)(=O)=O. The molecule has 0 saturated carbocycles. The van der Waals surface area contributed by atoms with E-state index in [1.54, 1.807) is 26.0 Å². The quantitative estimate of drug-likeness (QED) is 0.649. The van der Waals surface area contributed by atoms with Crippen molar-refractivity contribution in [3.8, 4) is 0 Å². The molecule has 2 aromatic rings. The Morgan fingerprint density at radius 3 is 2.32 bits per heavy atom. The van der Waals surface area contributed by atoms with Crippen LogP contribution in [0.4, 0.5) is 5.69 Å². The highest BCUT2D eigenvalue weighted by molar-refractivity contribution is 7.92. The fourth-order valence-corrected chi connectivity index (χ4v) is 4.27. The van der Waals surface area contributed by atoms with Crippen molar-refractivity contribution in [1.29, 1.82) is 0 Å². The Bertz CT molecular complexity index is 1070. The van der Waals surface area contributed by atoms with Gasteiger partial charge in [0.05, 0.1) is 11.9 Å². The Balaban J connectivity index is 2.45. The van der Waals surface area contributed by atoms with Crippen molar-refractivity contribution in [2.45, 2.75) is 33.4 Å². The van der Waals surface area contributed by atoms with E-state index >= 15 is 0 Å². The molecule has 2 aromatic carbocycles. The number of sulfonamides is 1. The van der Waals surface area contributed by atoms with Crippen LogP contribution in [-0.2, 0) is 26.2 Å². The van der Waals surface area contributed by atoms with Crippen LogP contribution in [0, 0.1) is 13.8 Å². The molecule has 0 fully saturated rings. The summed E-state index contributed by atoms with van der Waals surface area (Å²) in [4.78, 5) is 27.1. The third kappa shape index (κ3) is 6.21. The first kappa shape index (κ1) is 24.7. The summed E-state index contributed by atoms with van der Waals surface area (Å²) in [7, 11) is -2.30. The molecule has 0 radical (unpaired) electrons. The minimum absolute atomic E-state index is 0.173. The predicted octanol–water partition coefficient (Wildman–Crippen LogP) is 2.89. The van der Waals surface area contributed by atoms with Gasteiger partial charge < -0.3 is 10.2 Å². The molecule has 0 aromatic heterocycles. The van der Waals surface area contributed by atoms with Crippen LogP contribution in [0.15, 0.2) is 42.5 Å². The summed E-state index contributed by atoms with van der Waals surface area (Å²) < 4.78 is 26.1. The monoisotopic (exact) mass is 465 g/mol. The van der Waals surface area contributed by atoms with Gasteiger partial charge in [-0.1, -0.05) is 41.9 Å². The largest absolute Gasteiger partial charge is 0.357 e. The van der Waals surface area contributed by atoms with E-state index in [1.807, 2.05) is 31.2 Å². The number of likely N-dealkylation sites (N-methyl/N-ethyl adjacent to an activating group) is 1. The number of halogens is 1. The topological polar surface area (TPSA) is 86.8 Å². The van der Waals surface area contributed by atoms with Crippen molar-refractivity contribution >= 4 is 39.1 Å². The van der Waals surface area contributed by atoms with Crippen LogP contribution in [0.2, 0.25) is 5.02 Å². The molecule has 7 nitrogen and oxygen atoms in total. The number of anilines is 1. The van der Waals surface area contributed by atoms with Crippen LogP contribution in [0.3, 0.4) is 0 Å². The molecule has 1 N–H and O–H groups in total. The lowest BCUT2D eigenvalue weighted by Gasteiger charge is -2.32. The number of rotatable bonds is 8. The number of benzene rings is 2. The van der Waals surface area contributed by atoms with Crippen molar-refractivity contribution in [3.05, 3.63) is 64.2 Å². The van der Waals surface area contributed by atoms with E-state index in [0.29, 0.717) is 16.3 Å². The van der Waals surface area contributed by atoms with Crippen LogP contribution in [0.1, 0.15) is 23.6 Å². The molecule has 0 heterocycles. The number of carbonyl (C=O) groups is 2. The van der Waals surface area contributed by atoms with Gasteiger partial charge in [-0.05, 0) is 49.6 Å². The fourth-order valence-electron chi connectivity index (χ4n) is 3.21. The van der Waals surface area contributed by atoms with E-state index in [2.05, 4.69) is 5.32 Å². The number of hydrogen-bond acceptors (Lipinski definition) is 4. The first-order valence-electron chi connectivity index (χ1n) is 9.75. The van der Waals surface area contributed by atoms with Gasteiger partial charge in [-0.2, -0.15) is 0 Å². The summed E-state index contributed by atoms with van der Waals surface area (Å²) in [6.07, 6.45) is 1.04. The standard InChI is InChI=1S/C22H28ClN3O4S/c1-15-8-6-7-9-18(15)13-25(17(3)22(28)24-4)21(27)14-26(31(5,29)30)20-12-19(23)11-10-16(20)2/h6-12,17H,13-14H2,1-5H3,(H,24,28)/t17-/m0/s1. The third-order valence-corrected chi connectivity index (χ3v) is 6.50. The number of aryl methyl sites for hydroxylation is 2. The highest BCUT2D eigenvalue weighted by Gasteiger charge is 2.30. The molecule has 0 saturated heterocycles. The number of nitrogens with zero attached hydrogens (tertiary/aromatic N) is 2. The summed E-state index contributed by atoms with van der Waals surface area (Å²) in [5, 5.41) is 2.91. The molecular weight excluding hydrogens is 438 g/mol. The van der Waals surface area contributed by atoms with Crippen LogP contribution in [0.5, 0.6) is 0 Å². The molecule has 0 aliphatic carbocycles. The van der Waals surface area contributed by atoms with Gasteiger partial charge in [0.15, 0.2) is 0 Å². The summed E-state index contributed by atoms with van der Waals surface area (Å²) in [5.74, 6) is -0.837. The molecule has 9 heteroatoms. The van der Waals surface area contributed by atoms with Crippen molar-refractivity contribution < 1.29 is 18.0 Å². The highest BCUT2D eigenvalue weighted by Crippen LogP contribution is 2.26. The Hall–Kier alpha value is -2.58. The van der Waals surface area contributed by atoms with E-state index in [0.717, 1.165) is 21.7 Å².